The van der Waals surface area contributed by atoms with Crippen molar-refractivity contribution in [2.75, 3.05) is 20.1 Å². The van der Waals surface area contributed by atoms with E-state index in [-0.39, 0.29) is 12.3 Å². The fraction of sp³-hybridized carbons (Fsp3) is 0.833. The third-order valence-electron chi connectivity index (χ3n) is 2.74. The summed E-state index contributed by atoms with van der Waals surface area (Å²) in [5, 5.41) is 17.3. The zero-order chi connectivity index (χ0) is 14.0. The number of carbonyl (C=O) groups excluding carboxylic acids is 1. The number of likely N-dealkylation sites (N-methyl/N-ethyl adjacent to an activating group) is 1. The van der Waals surface area contributed by atoms with Crippen molar-refractivity contribution in [3.05, 3.63) is 0 Å². The lowest BCUT2D eigenvalue weighted by molar-refractivity contribution is -0.141. The van der Waals surface area contributed by atoms with Gasteiger partial charge in [-0.3, -0.25) is 14.5 Å². The molecule has 0 fully saturated rings. The average molecular weight is 260 g/mol. The number of carbonyl (C=O) groups is 2. The van der Waals surface area contributed by atoms with Crippen LogP contribution in [-0.4, -0.2) is 53.1 Å². The lowest BCUT2D eigenvalue weighted by atomic mass is 10.1. The standard InChI is InChI=1S/C12H24N2O4/c1-3-4-5-6-7-14(2)9-11(15)10(13-18)8-12(16)17/h10,13,18H,3-9H2,1-2H3,(H,16,17). The Kier molecular flexibility index (Phi) is 9.45. The van der Waals surface area contributed by atoms with Crippen LogP contribution in [0.2, 0.25) is 0 Å². The van der Waals surface area contributed by atoms with E-state index in [4.69, 9.17) is 10.3 Å². The Labute approximate surface area is 108 Å². The van der Waals surface area contributed by atoms with Crippen LogP contribution in [0.4, 0.5) is 0 Å². The highest BCUT2D eigenvalue weighted by molar-refractivity contribution is 5.89. The number of ketones is 1. The first kappa shape index (κ1) is 17.0. The number of hydrogen-bond acceptors (Lipinski definition) is 5. The van der Waals surface area contributed by atoms with Gasteiger partial charge in [0, 0.05) is 0 Å². The maximum absolute atomic E-state index is 11.7. The molecule has 0 aliphatic carbocycles. The molecule has 0 radical (unpaired) electrons. The molecule has 0 rings (SSSR count). The Morgan fingerprint density at radius 3 is 2.44 bits per heavy atom. The van der Waals surface area contributed by atoms with E-state index in [0.717, 1.165) is 25.8 Å². The number of nitrogens with one attached hydrogen (secondary N) is 1. The molecule has 0 aromatic carbocycles. The van der Waals surface area contributed by atoms with Crippen molar-refractivity contribution in [1.82, 2.24) is 10.4 Å². The molecule has 1 atom stereocenters. The summed E-state index contributed by atoms with van der Waals surface area (Å²) >= 11 is 0. The normalized spacial score (nSPS) is 12.7. The van der Waals surface area contributed by atoms with Gasteiger partial charge < -0.3 is 10.3 Å². The van der Waals surface area contributed by atoms with Crippen LogP contribution in [0.1, 0.15) is 39.0 Å². The van der Waals surface area contributed by atoms with Gasteiger partial charge in [-0.2, -0.15) is 5.48 Å². The van der Waals surface area contributed by atoms with Crippen molar-refractivity contribution in [3.8, 4) is 0 Å². The molecule has 0 heterocycles. The van der Waals surface area contributed by atoms with Gasteiger partial charge in [-0.25, -0.2) is 0 Å². The van der Waals surface area contributed by atoms with E-state index in [2.05, 4.69) is 6.92 Å². The lowest BCUT2D eigenvalue weighted by Crippen LogP contribution is -2.42. The summed E-state index contributed by atoms with van der Waals surface area (Å²) in [7, 11) is 1.82. The molecule has 106 valence electrons. The predicted molar refractivity (Wildman–Crippen MR) is 67.6 cm³/mol. The number of Topliss-reactive ketones (excluding diaryl/α,β-unsaturated/α-hetero) is 1. The topological polar surface area (TPSA) is 89.9 Å². The van der Waals surface area contributed by atoms with E-state index in [0.29, 0.717) is 0 Å². The monoisotopic (exact) mass is 260 g/mol. The molecule has 0 saturated carbocycles. The maximum atomic E-state index is 11.7. The Morgan fingerprint density at radius 2 is 1.94 bits per heavy atom. The van der Waals surface area contributed by atoms with E-state index in [1.165, 1.54) is 6.42 Å². The Morgan fingerprint density at radius 1 is 1.28 bits per heavy atom. The van der Waals surface area contributed by atoms with Crippen molar-refractivity contribution < 1.29 is 19.9 Å². The van der Waals surface area contributed by atoms with Crippen molar-refractivity contribution in [2.24, 2.45) is 0 Å². The minimum atomic E-state index is -1.11. The van der Waals surface area contributed by atoms with Crippen LogP contribution in [-0.2, 0) is 9.59 Å². The van der Waals surface area contributed by atoms with E-state index >= 15 is 0 Å². The van der Waals surface area contributed by atoms with E-state index in [9.17, 15) is 9.59 Å². The first-order valence-corrected chi connectivity index (χ1v) is 6.33. The van der Waals surface area contributed by atoms with Gasteiger partial charge in [0.2, 0.25) is 0 Å². The molecule has 18 heavy (non-hydrogen) atoms. The molecule has 0 saturated heterocycles. The van der Waals surface area contributed by atoms with Crippen LogP contribution < -0.4 is 5.48 Å². The molecule has 6 heteroatoms. The number of hydroxylamine groups is 1. The number of rotatable bonds is 11. The van der Waals surface area contributed by atoms with Gasteiger partial charge in [-0.15, -0.1) is 0 Å². The summed E-state index contributed by atoms with van der Waals surface area (Å²) in [5.74, 6) is -1.42. The summed E-state index contributed by atoms with van der Waals surface area (Å²) in [6.07, 6.45) is 4.10. The molecule has 3 N–H and O–H groups in total. The van der Waals surface area contributed by atoms with Crippen LogP contribution in [0.5, 0.6) is 0 Å². The number of unbranched alkanes of at least 4 members (excludes halogenated alkanes) is 3. The first-order valence-electron chi connectivity index (χ1n) is 6.33. The van der Waals surface area contributed by atoms with Crippen molar-refractivity contribution in [3.63, 3.8) is 0 Å². The number of aliphatic carboxylic acids is 1. The van der Waals surface area contributed by atoms with Gasteiger partial charge in [0.25, 0.3) is 0 Å². The molecule has 0 aromatic rings. The van der Waals surface area contributed by atoms with Crippen molar-refractivity contribution in [2.45, 2.75) is 45.1 Å². The van der Waals surface area contributed by atoms with Gasteiger partial charge >= 0.3 is 5.97 Å². The molecule has 0 spiro atoms. The van der Waals surface area contributed by atoms with Crippen molar-refractivity contribution >= 4 is 11.8 Å². The van der Waals surface area contributed by atoms with Gasteiger partial charge in [-0.05, 0) is 20.0 Å². The van der Waals surface area contributed by atoms with Crippen LogP contribution in [0, 0.1) is 0 Å². The highest BCUT2D eigenvalue weighted by Crippen LogP contribution is 2.01. The molecule has 6 nitrogen and oxygen atoms in total. The highest BCUT2D eigenvalue weighted by Gasteiger charge is 2.21. The molecular weight excluding hydrogens is 236 g/mol. The summed E-state index contributed by atoms with van der Waals surface area (Å²) < 4.78 is 0. The minimum Gasteiger partial charge on any atom is -0.481 e. The average Bonchev–Trinajstić information content (AvgIpc) is 2.31. The second kappa shape index (κ2) is 9.99. The molecule has 0 amide bonds. The second-order valence-corrected chi connectivity index (χ2v) is 4.54. The minimum absolute atomic E-state index is 0.150. The number of carboxylic acid groups (broad SMARTS) is 1. The van der Waals surface area contributed by atoms with Gasteiger partial charge in [0.15, 0.2) is 5.78 Å². The van der Waals surface area contributed by atoms with Crippen LogP contribution >= 0.6 is 0 Å². The summed E-state index contributed by atoms with van der Waals surface area (Å²) in [6.45, 7) is 3.09. The van der Waals surface area contributed by atoms with Gasteiger partial charge in [-0.1, -0.05) is 26.2 Å². The molecule has 1 unspecified atom stereocenters. The van der Waals surface area contributed by atoms with E-state index in [1.54, 1.807) is 5.48 Å². The Balaban J connectivity index is 3.92. The Bertz CT molecular complexity index is 258. The maximum Gasteiger partial charge on any atom is 0.305 e. The zero-order valence-electron chi connectivity index (χ0n) is 11.2. The lowest BCUT2D eigenvalue weighted by Gasteiger charge is -2.18. The predicted octanol–water partition coefficient (Wildman–Crippen LogP) is 0.890. The summed E-state index contributed by atoms with van der Waals surface area (Å²) in [5.41, 5.74) is 1.76. The van der Waals surface area contributed by atoms with Gasteiger partial charge in [0.1, 0.15) is 6.04 Å². The number of carboxylic acids is 1. The zero-order valence-corrected chi connectivity index (χ0v) is 11.2. The van der Waals surface area contributed by atoms with Crippen LogP contribution in [0.3, 0.4) is 0 Å². The Hall–Kier alpha value is -0.980. The number of hydrogen-bond donors (Lipinski definition) is 3. The first-order chi connectivity index (χ1) is 8.51. The van der Waals surface area contributed by atoms with E-state index in [1.807, 2.05) is 11.9 Å². The second-order valence-electron chi connectivity index (χ2n) is 4.54. The van der Waals surface area contributed by atoms with Crippen LogP contribution in [0.25, 0.3) is 0 Å². The molecule has 0 aliphatic rings. The third-order valence-corrected chi connectivity index (χ3v) is 2.74. The quantitative estimate of drug-likeness (QED) is 0.377. The largest absolute Gasteiger partial charge is 0.481 e. The van der Waals surface area contributed by atoms with E-state index < -0.39 is 18.4 Å². The van der Waals surface area contributed by atoms with Crippen molar-refractivity contribution in [1.29, 1.82) is 0 Å². The molecule has 0 bridgehead atoms. The van der Waals surface area contributed by atoms with Crippen LogP contribution in [0.15, 0.2) is 0 Å². The highest BCUT2D eigenvalue weighted by atomic mass is 16.5. The third kappa shape index (κ3) is 8.16. The SMILES string of the molecule is CCCCCCN(C)CC(=O)C(CC(=O)O)NO. The molecular formula is C12H24N2O4. The summed E-state index contributed by atoms with van der Waals surface area (Å²) in [4.78, 5) is 24.0. The molecule has 0 aromatic heterocycles. The summed E-state index contributed by atoms with van der Waals surface area (Å²) in [6, 6.07) is -1.03. The van der Waals surface area contributed by atoms with Gasteiger partial charge in [0.05, 0.1) is 13.0 Å². The fourth-order valence-corrected chi connectivity index (χ4v) is 1.67. The smallest absolute Gasteiger partial charge is 0.305 e. The molecule has 0 aliphatic heterocycles. The fourth-order valence-electron chi connectivity index (χ4n) is 1.67. The number of nitrogens with zero attached hydrogens (tertiary/aromatic N) is 1.